The van der Waals surface area contributed by atoms with Crippen LogP contribution in [-0.4, -0.2) is 48.5 Å². The highest BCUT2D eigenvalue weighted by atomic mass is 79.9. The van der Waals surface area contributed by atoms with Gasteiger partial charge < -0.3 is 14.6 Å². The van der Waals surface area contributed by atoms with Gasteiger partial charge in [0.25, 0.3) is 0 Å². The van der Waals surface area contributed by atoms with Crippen molar-refractivity contribution in [2.45, 2.75) is 25.2 Å². The SMILES string of the molecule is CC1C(c2ccc(Br)cc2)OCCN1CC(O)COc1ccc2ccccc2c1.Cl. The quantitative estimate of drug-likeness (QED) is 0.512. The minimum absolute atomic E-state index is 0. The number of nitrogens with zero attached hydrogens (tertiary/aromatic N) is 1. The summed E-state index contributed by atoms with van der Waals surface area (Å²) in [6.45, 7) is 4.45. The van der Waals surface area contributed by atoms with E-state index < -0.39 is 6.10 Å². The van der Waals surface area contributed by atoms with Crippen molar-refractivity contribution in [3.05, 3.63) is 76.8 Å². The fourth-order valence-corrected chi connectivity index (χ4v) is 4.15. The Morgan fingerprint density at radius 1 is 1.10 bits per heavy atom. The molecule has 0 aliphatic carbocycles. The zero-order valence-corrected chi connectivity index (χ0v) is 19.3. The van der Waals surface area contributed by atoms with Gasteiger partial charge in [-0.15, -0.1) is 12.4 Å². The number of hydrogen-bond donors (Lipinski definition) is 1. The molecule has 3 atom stereocenters. The lowest BCUT2D eigenvalue weighted by Crippen LogP contribution is -2.49. The van der Waals surface area contributed by atoms with Crippen molar-refractivity contribution in [1.82, 2.24) is 4.90 Å². The minimum atomic E-state index is -0.562. The van der Waals surface area contributed by atoms with Gasteiger partial charge in [0, 0.05) is 23.6 Å². The number of aliphatic hydroxyl groups is 1. The molecule has 160 valence electrons. The first-order chi connectivity index (χ1) is 14.1. The van der Waals surface area contributed by atoms with Gasteiger partial charge >= 0.3 is 0 Å². The van der Waals surface area contributed by atoms with E-state index in [0.717, 1.165) is 27.7 Å². The molecule has 30 heavy (non-hydrogen) atoms. The van der Waals surface area contributed by atoms with Gasteiger partial charge in [0.2, 0.25) is 0 Å². The molecule has 4 nitrogen and oxygen atoms in total. The molecule has 3 aromatic carbocycles. The van der Waals surface area contributed by atoms with Crippen molar-refractivity contribution in [2.24, 2.45) is 0 Å². The number of benzene rings is 3. The van der Waals surface area contributed by atoms with Crippen molar-refractivity contribution in [3.63, 3.8) is 0 Å². The molecular weight excluding hydrogens is 466 g/mol. The van der Waals surface area contributed by atoms with Crippen LogP contribution in [0.1, 0.15) is 18.6 Å². The molecular formula is C24H27BrClNO3. The summed E-state index contributed by atoms with van der Waals surface area (Å²) < 4.78 is 13.0. The fourth-order valence-electron chi connectivity index (χ4n) is 3.89. The summed E-state index contributed by atoms with van der Waals surface area (Å²) in [6, 6.07) is 22.6. The first kappa shape index (κ1) is 23.0. The minimum Gasteiger partial charge on any atom is -0.491 e. The average Bonchev–Trinajstić information content (AvgIpc) is 2.74. The fraction of sp³-hybridized carbons (Fsp3) is 0.333. The molecule has 4 rings (SSSR count). The van der Waals surface area contributed by atoms with Crippen LogP contribution in [0.25, 0.3) is 10.8 Å². The highest BCUT2D eigenvalue weighted by Gasteiger charge is 2.31. The summed E-state index contributed by atoms with van der Waals surface area (Å²) in [5.74, 6) is 0.783. The van der Waals surface area contributed by atoms with Crippen LogP contribution in [-0.2, 0) is 4.74 Å². The molecule has 0 spiro atoms. The lowest BCUT2D eigenvalue weighted by Gasteiger charge is -2.40. The van der Waals surface area contributed by atoms with Crippen LogP contribution < -0.4 is 4.74 Å². The molecule has 1 fully saturated rings. The van der Waals surface area contributed by atoms with Gasteiger partial charge in [-0.1, -0.05) is 58.4 Å². The Bertz CT molecular complexity index is 953. The second-order valence-corrected chi connectivity index (χ2v) is 8.47. The Labute approximate surface area is 192 Å². The van der Waals surface area contributed by atoms with Gasteiger partial charge in [-0.2, -0.15) is 0 Å². The Kier molecular flexibility index (Phi) is 8.14. The number of rotatable bonds is 6. The molecule has 0 radical (unpaired) electrons. The molecule has 0 saturated carbocycles. The summed E-state index contributed by atoms with van der Waals surface area (Å²) >= 11 is 3.48. The van der Waals surface area contributed by atoms with E-state index in [4.69, 9.17) is 9.47 Å². The van der Waals surface area contributed by atoms with Crippen LogP contribution in [0.2, 0.25) is 0 Å². The first-order valence-corrected chi connectivity index (χ1v) is 10.8. The molecule has 3 unspecified atom stereocenters. The van der Waals surface area contributed by atoms with Gasteiger partial charge in [-0.25, -0.2) is 0 Å². The standard InChI is InChI=1S/C24H26BrNO3.ClH/c1-17-24(19-6-9-21(25)10-7-19)28-13-12-26(17)15-22(27)16-29-23-11-8-18-4-2-3-5-20(18)14-23;/h2-11,14,17,22,24,27H,12-13,15-16H2,1H3;1H. The molecule has 1 aliphatic rings. The molecule has 6 heteroatoms. The van der Waals surface area contributed by atoms with Crippen LogP contribution >= 0.6 is 28.3 Å². The monoisotopic (exact) mass is 491 g/mol. The number of ether oxygens (including phenoxy) is 2. The van der Waals surface area contributed by atoms with E-state index >= 15 is 0 Å². The van der Waals surface area contributed by atoms with Crippen LogP contribution in [0, 0.1) is 0 Å². The number of morpholine rings is 1. The van der Waals surface area contributed by atoms with Crippen molar-refractivity contribution < 1.29 is 14.6 Å². The van der Waals surface area contributed by atoms with Gasteiger partial charge in [-0.3, -0.25) is 4.90 Å². The molecule has 3 aromatic rings. The third-order valence-electron chi connectivity index (χ3n) is 5.50. The van der Waals surface area contributed by atoms with Gasteiger partial charge in [0.05, 0.1) is 12.7 Å². The smallest absolute Gasteiger partial charge is 0.120 e. The highest BCUT2D eigenvalue weighted by Crippen LogP contribution is 2.29. The van der Waals surface area contributed by atoms with E-state index in [2.05, 4.69) is 52.0 Å². The summed E-state index contributed by atoms with van der Waals surface area (Å²) in [4.78, 5) is 2.28. The molecule has 0 amide bonds. The van der Waals surface area contributed by atoms with Crippen molar-refractivity contribution in [2.75, 3.05) is 26.3 Å². The summed E-state index contributed by atoms with van der Waals surface area (Å²) in [5.41, 5.74) is 1.16. The Balaban J connectivity index is 0.00000256. The van der Waals surface area contributed by atoms with Gasteiger partial charge in [0.15, 0.2) is 0 Å². The molecule has 0 aromatic heterocycles. The van der Waals surface area contributed by atoms with E-state index in [1.54, 1.807) is 0 Å². The Morgan fingerprint density at radius 2 is 1.83 bits per heavy atom. The van der Waals surface area contributed by atoms with E-state index in [0.29, 0.717) is 13.2 Å². The molecule has 1 N–H and O–H groups in total. The Hall–Kier alpha value is -1.63. The summed E-state index contributed by atoms with van der Waals surface area (Å²) in [7, 11) is 0. The third-order valence-corrected chi connectivity index (χ3v) is 6.03. The maximum atomic E-state index is 10.6. The zero-order chi connectivity index (χ0) is 20.2. The number of β-amino-alcohol motifs (C(OH)–C–C–N with tert-alkyl or cyclic N) is 1. The first-order valence-electron chi connectivity index (χ1n) is 10.0. The lowest BCUT2D eigenvalue weighted by molar-refractivity contribution is -0.0804. The molecule has 1 heterocycles. The van der Waals surface area contributed by atoms with Gasteiger partial charge in [-0.05, 0) is 47.5 Å². The third kappa shape index (κ3) is 5.54. The van der Waals surface area contributed by atoms with Crippen LogP contribution in [0.3, 0.4) is 0 Å². The topological polar surface area (TPSA) is 41.9 Å². The second-order valence-electron chi connectivity index (χ2n) is 7.55. The number of hydrogen-bond acceptors (Lipinski definition) is 4. The molecule has 0 bridgehead atoms. The van der Waals surface area contributed by atoms with E-state index in [9.17, 15) is 5.11 Å². The Morgan fingerprint density at radius 3 is 2.60 bits per heavy atom. The van der Waals surface area contributed by atoms with Gasteiger partial charge in [0.1, 0.15) is 18.5 Å². The van der Waals surface area contributed by atoms with E-state index in [-0.39, 0.29) is 31.2 Å². The predicted molar refractivity (Wildman–Crippen MR) is 127 cm³/mol. The van der Waals surface area contributed by atoms with Crippen LogP contribution in [0.15, 0.2) is 71.2 Å². The summed E-state index contributed by atoms with van der Waals surface area (Å²) in [6.07, 6.45) is -0.557. The van der Waals surface area contributed by atoms with Crippen molar-refractivity contribution in [1.29, 1.82) is 0 Å². The van der Waals surface area contributed by atoms with Crippen LogP contribution in [0.5, 0.6) is 5.75 Å². The van der Waals surface area contributed by atoms with E-state index in [1.807, 2.05) is 42.5 Å². The summed E-state index contributed by atoms with van der Waals surface area (Å²) in [5, 5.41) is 12.9. The number of aliphatic hydroxyl groups excluding tert-OH is 1. The van der Waals surface area contributed by atoms with Crippen molar-refractivity contribution in [3.8, 4) is 5.75 Å². The lowest BCUT2D eigenvalue weighted by atomic mass is 10.0. The van der Waals surface area contributed by atoms with Crippen LogP contribution in [0.4, 0.5) is 0 Å². The number of halogens is 2. The largest absolute Gasteiger partial charge is 0.491 e. The maximum absolute atomic E-state index is 10.6. The second kappa shape index (κ2) is 10.6. The highest BCUT2D eigenvalue weighted by molar-refractivity contribution is 9.10. The molecule has 1 aliphatic heterocycles. The van der Waals surface area contributed by atoms with E-state index in [1.165, 1.54) is 5.39 Å². The predicted octanol–water partition coefficient (Wildman–Crippen LogP) is 5.23. The average molecular weight is 493 g/mol. The van der Waals surface area contributed by atoms with Crippen molar-refractivity contribution >= 4 is 39.1 Å². The normalized spacial score (nSPS) is 20.5. The number of fused-ring (bicyclic) bond motifs is 1. The molecule has 1 saturated heterocycles. The zero-order valence-electron chi connectivity index (χ0n) is 16.9. The maximum Gasteiger partial charge on any atom is 0.120 e.